The van der Waals surface area contributed by atoms with Gasteiger partial charge in [0.25, 0.3) is 0 Å². The van der Waals surface area contributed by atoms with Crippen molar-refractivity contribution in [1.29, 1.82) is 0 Å². The summed E-state index contributed by atoms with van der Waals surface area (Å²) in [5.74, 6) is 0.202. The van der Waals surface area contributed by atoms with E-state index in [1.165, 1.54) is 12.1 Å². The Balaban J connectivity index is 2.13. The van der Waals surface area contributed by atoms with Gasteiger partial charge in [0, 0.05) is 4.47 Å². The number of hydrogen-bond acceptors (Lipinski definition) is 1. The first-order chi connectivity index (χ1) is 8.96. The van der Waals surface area contributed by atoms with Crippen molar-refractivity contribution in [3.63, 3.8) is 0 Å². The topological polar surface area (TPSA) is 9.23 Å². The van der Waals surface area contributed by atoms with Crippen LogP contribution in [0.2, 0.25) is 0 Å². The lowest BCUT2D eigenvalue weighted by Crippen LogP contribution is -2.19. The van der Waals surface area contributed by atoms with Crippen LogP contribution in [0.15, 0.2) is 53.0 Å². The molecule has 19 heavy (non-hydrogen) atoms. The molecule has 0 N–H and O–H groups in total. The van der Waals surface area contributed by atoms with Crippen molar-refractivity contribution >= 4 is 15.9 Å². The zero-order chi connectivity index (χ0) is 13.9. The van der Waals surface area contributed by atoms with Crippen molar-refractivity contribution < 1.29 is 17.9 Å². The molecule has 0 amide bonds. The zero-order valence-corrected chi connectivity index (χ0v) is 11.3. The van der Waals surface area contributed by atoms with Crippen LogP contribution >= 0.6 is 15.9 Å². The number of alkyl halides is 3. The summed E-state index contributed by atoms with van der Waals surface area (Å²) in [7, 11) is 0. The Morgan fingerprint density at radius 3 is 2.16 bits per heavy atom. The molecule has 100 valence electrons. The normalized spacial score (nSPS) is 11.4. The van der Waals surface area contributed by atoms with Crippen LogP contribution in [0.1, 0.15) is 0 Å². The first-order valence-corrected chi connectivity index (χ1v) is 6.29. The Morgan fingerprint density at radius 2 is 1.58 bits per heavy atom. The van der Waals surface area contributed by atoms with Crippen molar-refractivity contribution in [1.82, 2.24) is 0 Å². The molecular formula is C14H10BrF3O. The average molecular weight is 331 g/mol. The van der Waals surface area contributed by atoms with E-state index >= 15 is 0 Å². The van der Waals surface area contributed by atoms with Crippen LogP contribution in [0.5, 0.6) is 5.75 Å². The third kappa shape index (κ3) is 3.99. The molecule has 5 heteroatoms. The first kappa shape index (κ1) is 13.9. The highest BCUT2D eigenvalue weighted by atomic mass is 79.9. The molecule has 0 atom stereocenters. The maximum Gasteiger partial charge on any atom is 0.422 e. The molecule has 0 unspecified atom stereocenters. The van der Waals surface area contributed by atoms with Gasteiger partial charge in [0.15, 0.2) is 6.61 Å². The molecular weight excluding hydrogens is 321 g/mol. The van der Waals surface area contributed by atoms with Gasteiger partial charge in [-0.3, -0.25) is 0 Å². The van der Waals surface area contributed by atoms with E-state index in [9.17, 15) is 13.2 Å². The lowest BCUT2D eigenvalue weighted by Gasteiger charge is -2.10. The number of rotatable bonds is 3. The molecule has 0 aromatic heterocycles. The van der Waals surface area contributed by atoms with E-state index in [-0.39, 0.29) is 5.75 Å². The summed E-state index contributed by atoms with van der Waals surface area (Å²) in [6.45, 7) is -1.28. The molecule has 2 aromatic rings. The Bertz CT molecular complexity index is 549. The van der Waals surface area contributed by atoms with E-state index in [2.05, 4.69) is 20.7 Å². The molecule has 0 heterocycles. The molecule has 0 aliphatic heterocycles. The minimum Gasteiger partial charge on any atom is -0.484 e. The lowest BCUT2D eigenvalue weighted by atomic mass is 10.1. The predicted octanol–water partition coefficient (Wildman–Crippen LogP) is 5.06. The SMILES string of the molecule is FC(F)(F)COc1ccc(-c2ccccc2Br)cc1. The van der Waals surface area contributed by atoms with Gasteiger partial charge >= 0.3 is 6.18 Å². The summed E-state index contributed by atoms with van der Waals surface area (Å²) in [5.41, 5.74) is 1.89. The van der Waals surface area contributed by atoms with Gasteiger partial charge in [0.05, 0.1) is 0 Å². The fourth-order valence-corrected chi connectivity index (χ4v) is 2.10. The van der Waals surface area contributed by atoms with Crippen molar-refractivity contribution in [2.75, 3.05) is 6.61 Å². The van der Waals surface area contributed by atoms with E-state index in [4.69, 9.17) is 0 Å². The predicted molar refractivity (Wildman–Crippen MR) is 71.1 cm³/mol. The van der Waals surface area contributed by atoms with Crippen LogP contribution in [-0.2, 0) is 0 Å². The van der Waals surface area contributed by atoms with E-state index in [0.717, 1.165) is 15.6 Å². The van der Waals surface area contributed by atoms with Crippen molar-refractivity contribution in [2.24, 2.45) is 0 Å². The van der Waals surface area contributed by atoms with Gasteiger partial charge in [-0.25, -0.2) is 0 Å². The van der Waals surface area contributed by atoms with Gasteiger partial charge in [0.1, 0.15) is 5.75 Å². The Morgan fingerprint density at radius 1 is 0.947 bits per heavy atom. The standard InChI is InChI=1S/C14H10BrF3O/c15-13-4-2-1-3-12(13)10-5-7-11(8-6-10)19-9-14(16,17)18/h1-8H,9H2. The molecule has 0 radical (unpaired) electrons. The smallest absolute Gasteiger partial charge is 0.422 e. The van der Waals surface area contributed by atoms with Crippen molar-refractivity contribution in [3.05, 3.63) is 53.0 Å². The summed E-state index contributed by atoms with van der Waals surface area (Å²) >= 11 is 3.43. The van der Waals surface area contributed by atoms with Crippen LogP contribution in [-0.4, -0.2) is 12.8 Å². The maximum atomic E-state index is 12.0. The summed E-state index contributed by atoms with van der Waals surface area (Å²) < 4.78 is 41.6. The van der Waals surface area contributed by atoms with Gasteiger partial charge in [0.2, 0.25) is 0 Å². The van der Waals surface area contributed by atoms with Gasteiger partial charge in [-0.1, -0.05) is 46.3 Å². The van der Waals surface area contributed by atoms with Crippen LogP contribution in [0.4, 0.5) is 13.2 Å². The fourth-order valence-electron chi connectivity index (χ4n) is 1.59. The maximum absolute atomic E-state index is 12.0. The molecule has 1 nitrogen and oxygen atoms in total. The van der Waals surface area contributed by atoms with Gasteiger partial charge in [-0.05, 0) is 29.3 Å². The van der Waals surface area contributed by atoms with Gasteiger partial charge < -0.3 is 4.74 Å². The Kier molecular flexibility index (Phi) is 4.14. The highest BCUT2D eigenvalue weighted by molar-refractivity contribution is 9.10. The lowest BCUT2D eigenvalue weighted by molar-refractivity contribution is -0.153. The largest absolute Gasteiger partial charge is 0.484 e. The number of halogens is 4. The summed E-state index contributed by atoms with van der Waals surface area (Å²) in [4.78, 5) is 0. The first-order valence-electron chi connectivity index (χ1n) is 5.50. The minimum absolute atomic E-state index is 0.202. The Hall–Kier alpha value is -1.49. The van der Waals surface area contributed by atoms with Gasteiger partial charge in [-0.2, -0.15) is 13.2 Å². The summed E-state index contributed by atoms with van der Waals surface area (Å²) in [5, 5.41) is 0. The highest BCUT2D eigenvalue weighted by Gasteiger charge is 2.28. The minimum atomic E-state index is -4.32. The molecule has 2 aromatic carbocycles. The molecule has 0 fully saturated rings. The third-order valence-corrected chi connectivity index (χ3v) is 3.13. The van der Waals surface area contributed by atoms with E-state index in [1.54, 1.807) is 12.1 Å². The monoisotopic (exact) mass is 330 g/mol. The molecule has 0 aliphatic rings. The Labute approximate surface area is 117 Å². The highest BCUT2D eigenvalue weighted by Crippen LogP contribution is 2.29. The zero-order valence-electron chi connectivity index (χ0n) is 9.75. The van der Waals surface area contributed by atoms with E-state index in [1.807, 2.05) is 24.3 Å². The van der Waals surface area contributed by atoms with E-state index in [0.29, 0.717) is 0 Å². The molecule has 0 saturated carbocycles. The van der Waals surface area contributed by atoms with Gasteiger partial charge in [-0.15, -0.1) is 0 Å². The molecule has 2 rings (SSSR count). The number of hydrogen-bond donors (Lipinski definition) is 0. The molecule has 0 saturated heterocycles. The van der Waals surface area contributed by atoms with E-state index < -0.39 is 12.8 Å². The number of benzene rings is 2. The van der Waals surface area contributed by atoms with Crippen LogP contribution in [0, 0.1) is 0 Å². The quantitative estimate of drug-likeness (QED) is 0.764. The molecule has 0 aliphatic carbocycles. The second-order valence-corrected chi connectivity index (χ2v) is 4.76. The van der Waals surface area contributed by atoms with Crippen molar-refractivity contribution in [2.45, 2.75) is 6.18 Å². The molecule has 0 spiro atoms. The van der Waals surface area contributed by atoms with Crippen LogP contribution < -0.4 is 4.74 Å². The average Bonchev–Trinajstić information content (AvgIpc) is 2.37. The second kappa shape index (κ2) is 5.65. The fraction of sp³-hybridized carbons (Fsp3) is 0.143. The molecule has 0 bridgehead atoms. The summed E-state index contributed by atoms with van der Waals surface area (Å²) in [6, 6.07) is 14.1. The number of ether oxygens (including phenoxy) is 1. The van der Waals surface area contributed by atoms with Crippen molar-refractivity contribution in [3.8, 4) is 16.9 Å². The van der Waals surface area contributed by atoms with Crippen LogP contribution in [0.3, 0.4) is 0 Å². The van der Waals surface area contributed by atoms with Crippen LogP contribution in [0.25, 0.3) is 11.1 Å². The summed E-state index contributed by atoms with van der Waals surface area (Å²) in [6.07, 6.45) is -4.32. The third-order valence-electron chi connectivity index (χ3n) is 2.44. The second-order valence-electron chi connectivity index (χ2n) is 3.91.